The molecule has 0 fully saturated rings. The van der Waals surface area contributed by atoms with E-state index in [2.05, 4.69) is 5.32 Å². The zero-order valence-electron chi connectivity index (χ0n) is 15.6. The maximum absolute atomic E-state index is 12.2. The molecular formula is C19H31NO4. The fourth-order valence-corrected chi connectivity index (χ4v) is 2.31. The molecule has 1 unspecified atom stereocenters. The SMILES string of the molecule is CCCC(C)(C)C(=O)Oc1ccc(C(O)CNC(C)(C)C)cc1O. The number of rotatable bonds is 7. The van der Waals surface area contributed by atoms with Crippen LogP contribution in [0, 0.1) is 5.41 Å². The molecule has 0 aliphatic rings. The Kier molecular flexibility index (Phi) is 6.81. The largest absolute Gasteiger partial charge is 0.504 e. The smallest absolute Gasteiger partial charge is 0.317 e. The number of aromatic hydroxyl groups is 1. The van der Waals surface area contributed by atoms with Crippen molar-refractivity contribution in [3.63, 3.8) is 0 Å². The van der Waals surface area contributed by atoms with Crippen molar-refractivity contribution in [1.82, 2.24) is 5.32 Å². The standard InChI is InChI=1S/C19H31NO4/c1-7-10-19(5,6)17(23)24-16-9-8-13(11-14(16)21)15(22)12-20-18(2,3)4/h8-9,11,15,20-22H,7,10,12H2,1-6H3. The third kappa shape index (κ3) is 6.13. The van der Waals surface area contributed by atoms with Crippen LogP contribution in [0.2, 0.25) is 0 Å². The summed E-state index contributed by atoms with van der Waals surface area (Å²) >= 11 is 0. The summed E-state index contributed by atoms with van der Waals surface area (Å²) < 4.78 is 5.33. The predicted molar refractivity (Wildman–Crippen MR) is 95.1 cm³/mol. The summed E-state index contributed by atoms with van der Waals surface area (Å²) in [5, 5.41) is 23.5. The van der Waals surface area contributed by atoms with Gasteiger partial charge in [-0.3, -0.25) is 4.79 Å². The maximum Gasteiger partial charge on any atom is 0.317 e. The van der Waals surface area contributed by atoms with Crippen LogP contribution < -0.4 is 10.1 Å². The van der Waals surface area contributed by atoms with Gasteiger partial charge in [-0.2, -0.15) is 0 Å². The first-order valence-electron chi connectivity index (χ1n) is 8.44. The summed E-state index contributed by atoms with van der Waals surface area (Å²) in [6, 6.07) is 4.61. The van der Waals surface area contributed by atoms with E-state index in [1.165, 1.54) is 12.1 Å². The van der Waals surface area contributed by atoms with Crippen molar-refractivity contribution in [2.75, 3.05) is 6.54 Å². The molecule has 0 saturated heterocycles. The molecule has 0 aliphatic carbocycles. The second-order valence-electron chi connectivity index (χ2n) is 7.90. The van der Waals surface area contributed by atoms with Gasteiger partial charge in [-0.05, 0) is 58.7 Å². The first kappa shape index (κ1) is 20.5. The van der Waals surface area contributed by atoms with Crippen molar-refractivity contribution in [2.45, 2.75) is 66.0 Å². The average Bonchev–Trinajstić information content (AvgIpc) is 2.45. The lowest BCUT2D eigenvalue weighted by atomic mass is 9.88. The molecule has 0 aliphatic heterocycles. The van der Waals surface area contributed by atoms with Gasteiger partial charge in [0.2, 0.25) is 0 Å². The molecule has 0 amide bonds. The van der Waals surface area contributed by atoms with E-state index >= 15 is 0 Å². The minimum absolute atomic E-state index is 0.108. The Morgan fingerprint density at radius 3 is 2.38 bits per heavy atom. The summed E-state index contributed by atoms with van der Waals surface area (Å²) in [6.45, 7) is 12.1. The van der Waals surface area contributed by atoms with Crippen LogP contribution in [0.5, 0.6) is 11.5 Å². The molecule has 24 heavy (non-hydrogen) atoms. The van der Waals surface area contributed by atoms with Crippen molar-refractivity contribution in [3.8, 4) is 11.5 Å². The number of ether oxygens (including phenoxy) is 1. The van der Waals surface area contributed by atoms with Gasteiger partial charge in [0.25, 0.3) is 0 Å². The van der Waals surface area contributed by atoms with Gasteiger partial charge in [-0.25, -0.2) is 0 Å². The van der Waals surface area contributed by atoms with Crippen molar-refractivity contribution in [2.24, 2.45) is 5.41 Å². The second-order valence-corrected chi connectivity index (χ2v) is 7.90. The van der Waals surface area contributed by atoms with E-state index in [0.717, 1.165) is 6.42 Å². The zero-order valence-corrected chi connectivity index (χ0v) is 15.6. The molecule has 0 aromatic heterocycles. The van der Waals surface area contributed by atoms with E-state index in [9.17, 15) is 15.0 Å². The Morgan fingerprint density at radius 2 is 1.88 bits per heavy atom. The number of nitrogens with one attached hydrogen (secondary N) is 1. The minimum atomic E-state index is -0.753. The highest BCUT2D eigenvalue weighted by Crippen LogP contribution is 2.32. The molecule has 1 aromatic carbocycles. The zero-order chi connectivity index (χ0) is 18.5. The van der Waals surface area contributed by atoms with E-state index < -0.39 is 11.5 Å². The van der Waals surface area contributed by atoms with Crippen LogP contribution in [-0.4, -0.2) is 28.3 Å². The summed E-state index contributed by atoms with van der Waals surface area (Å²) in [5.74, 6) is -0.408. The molecule has 136 valence electrons. The summed E-state index contributed by atoms with van der Waals surface area (Å²) in [6.07, 6.45) is 0.832. The summed E-state index contributed by atoms with van der Waals surface area (Å²) in [4.78, 5) is 12.2. The fraction of sp³-hybridized carbons (Fsp3) is 0.632. The Hall–Kier alpha value is -1.59. The van der Waals surface area contributed by atoms with Crippen molar-refractivity contribution < 1.29 is 19.7 Å². The third-order valence-electron chi connectivity index (χ3n) is 3.82. The van der Waals surface area contributed by atoms with E-state index in [-0.39, 0.29) is 23.0 Å². The molecule has 5 heteroatoms. The van der Waals surface area contributed by atoms with Gasteiger partial charge in [0.1, 0.15) is 0 Å². The Bertz CT molecular complexity index is 561. The molecule has 3 N–H and O–H groups in total. The number of phenolic OH excluding ortho intramolecular Hbond substituents is 1. The highest BCUT2D eigenvalue weighted by molar-refractivity contribution is 5.78. The van der Waals surface area contributed by atoms with Crippen LogP contribution in [-0.2, 0) is 4.79 Å². The lowest BCUT2D eigenvalue weighted by Crippen LogP contribution is -2.38. The van der Waals surface area contributed by atoms with Crippen LogP contribution in [0.3, 0.4) is 0 Å². The monoisotopic (exact) mass is 337 g/mol. The molecule has 5 nitrogen and oxygen atoms in total. The van der Waals surface area contributed by atoms with Gasteiger partial charge in [-0.1, -0.05) is 19.4 Å². The van der Waals surface area contributed by atoms with Gasteiger partial charge in [0, 0.05) is 12.1 Å². The quantitative estimate of drug-likeness (QED) is 0.524. The van der Waals surface area contributed by atoms with E-state index in [1.807, 2.05) is 41.5 Å². The average molecular weight is 337 g/mol. The normalized spacial score (nSPS) is 13.6. The highest BCUT2D eigenvalue weighted by Gasteiger charge is 2.29. The lowest BCUT2D eigenvalue weighted by Gasteiger charge is -2.23. The number of hydrogen-bond donors (Lipinski definition) is 3. The van der Waals surface area contributed by atoms with Gasteiger partial charge >= 0.3 is 5.97 Å². The Labute approximate surface area is 145 Å². The molecule has 0 heterocycles. The second kappa shape index (κ2) is 7.99. The first-order chi connectivity index (χ1) is 11.0. The topological polar surface area (TPSA) is 78.8 Å². The number of phenols is 1. The van der Waals surface area contributed by atoms with Gasteiger partial charge in [-0.15, -0.1) is 0 Å². The maximum atomic E-state index is 12.2. The molecule has 0 saturated carbocycles. The number of carbonyl (C=O) groups is 1. The summed E-state index contributed by atoms with van der Waals surface area (Å²) in [7, 11) is 0. The fourth-order valence-electron chi connectivity index (χ4n) is 2.31. The van der Waals surface area contributed by atoms with Crippen LogP contribution in [0.4, 0.5) is 0 Å². The number of benzene rings is 1. The molecule has 0 spiro atoms. The molecule has 0 radical (unpaired) electrons. The number of aliphatic hydroxyl groups is 1. The first-order valence-corrected chi connectivity index (χ1v) is 8.44. The Balaban J connectivity index is 2.79. The lowest BCUT2D eigenvalue weighted by molar-refractivity contribution is -0.144. The molecule has 0 bridgehead atoms. The van der Waals surface area contributed by atoms with Gasteiger partial charge in [0.15, 0.2) is 11.5 Å². The van der Waals surface area contributed by atoms with Crippen molar-refractivity contribution in [3.05, 3.63) is 23.8 Å². The van der Waals surface area contributed by atoms with Crippen LogP contribution in [0.25, 0.3) is 0 Å². The number of aliphatic hydroxyl groups excluding tert-OH is 1. The number of esters is 1. The van der Waals surface area contributed by atoms with E-state index in [1.54, 1.807) is 6.07 Å². The molecule has 1 rings (SSSR count). The highest BCUT2D eigenvalue weighted by atomic mass is 16.5. The van der Waals surface area contributed by atoms with Crippen LogP contribution in [0.1, 0.15) is 66.1 Å². The van der Waals surface area contributed by atoms with Gasteiger partial charge < -0.3 is 20.3 Å². The van der Waals surface area contributed by atoms with E-state index in [4.69, 9.17) is 4.74 Å². The number of carbonyl (C=O) groups excluding carboxylic acids is 1. The summed E-state index contributed by atoms with van der Waals surface area (Å²) in [5.41, 5.74) is -0.142. The number of β-amino-alcohol motifs (C(OH)–C–C–N with tert-alkyl or cyclic N) is 1. The van der Waals surface area contributed by atoms with Crippen LogP contribution in [0.15, 0.2) is 18.2 Å². The number of hydrogen-bond acceptors (Lipinski definition) is 5. The minimum Gasteiger partial charge on any atom is -0.504 e. The molecular weight excluding hydrogens is 306 g/mol. The van der Waals surface area contributed by atoms with E-state index in [0.29, 0.717) is 18.5 Å². The van der Waals surface area contributed by atoms with Gasteiger partial charge in [0.05, 0.1) is 11.5 Å². The third-order valence-corrected chi connectivity index (χ3v) is 3.82. The predicted octanol–water partition coefficient (Wildman–Crippen LogP) is 3.55. The van der Waals surface area contributed by atoms with Crippen molar-refractivity contribution in [1.29, 1.82) is 0 Å². The Morgan fingerprint density at radius 1 is 1.25 bits per heavy atom. The van der Waals surface area contributed by atoms with Crippen LogP contribution >= 0.6 is 0 Å². The van der Waals surface area contributed by atoms with Crippen molar-refractivity contribution >= 4 is 5.97 Å². The molecule has 1 aromatic rings. The molecule has 1 atom stereocenters.